The highest BCUT2D eigenvalue weighted by molar-refractivity contribution is 6.31. The van der Waals surface area contributed by atoms with Gasteiger partial charge in [-0.3, -0.25) is 4.90 Å². The summed E-state index contributed by atoms with van der Waals surface area (Å²) in [5.41, 5.74) is 3.27. The van der Waals surface area contributed by atoms with Crippen molar-refractivity contribution < 1.29 is 0 Å². The molecule has 0 atom stereocenters. The zero-order chi connectivity index (χ0) is 15.6. The number of nitrogens with zero attached hydrogens (tertiary/aromatic N) is 6. The fourth-order valence-electron chi connectivity index (χ4n) is 2.90. The smallest absolute Gasteiger partial charge is 0.200 e. The number of tetrazole rings is 1. The molecule has 0 spiro atoms. The van der Waals surface area contributed by atoms with E-state index in [1.165, 1.54) is 15.8 Å². The highest BCUT2D eigenvalue weighted by Gasteiger charge is 2.17. The first-order valence-electron chi connectivity index (χ1n) is 7.57. The molecule has 0 saturated heterocycles. The lowest BCUT2D eigenvalue weighted by molar-refractivity contribution is 0.264. The SMILES string of the molecule is Clc1cccc2c1CCN(CCNc1ccc3nnnn3n1)C2. The summed E-state index contributed by atoms with van der Waals surface area (Å²) in [7, 11) is 0. The summed E-state index contributed by atoms with van der Waals surface area (Å²) in [5, 5.41) is 19.7. The van der Waals surface area contributed by atoms with Crippen LogP contribution in [0.4, 0.5) is 5.82 Å². The summed E-state index contributed by atoms with van der Waals surface area (Å²) < 4.78 is 1.42. The van der Waals surface area contributed by atoms with Crippen LogP contribution in [0.3, 0.4) is 0 Å². The first-order valence-corrected chi connectivity index (χ1v) is 7.95. The number of nitrogens with one attached hydrogen (secondary N) is 1. The van der Waals surface area contributed by atoms with Crippen molar-refractivity contribution in [2.24, 2.45) is 0 Å². The number of anilines is 1. The Hall–Kier alpha value is -2.25. The average molecular weight is 330 g/mol. The zero-order valence-electron chi connectivity index (χ0n) is 12.5. The van der Waals surface area contributed by atoms with Gasteiger partial charge in [0, 0.05) is 31.2 Å². The van der Waals surface area contributed by atoms with Crippen molar-refractivity contribution in [1.82, 2.24) is 30.2 Å². The molecule has 0 saturated carbocycles. The van der Waals surface area contributed by atoms with Crippen molar-refractivity contribution in [3.05, 3.63) is 46.5 Å². The maximum Gasteiger partial charge on any atom is 0.200 e. The van der Waals surface area contributed by atoms with Crippen LogP contribution in [0.25, 0.3) is 5.65 Å². The number of aromatic nitrogens is 5. The lowest BCUT2D eigenvalue weighted by Crippen LogP contribution is -2.34. The van der Waals surface area contributed by atoms with Crippen molar-refractivity contribution in [3.8, 4) is 0 Å². The first kappa shape index (κ1) is 14.3. The Bertz CT molecular complexity index is 832. The standard InChI is InChI=1S/C15H16ClN7/c16-13-3-1-2-11-10-22(8-6-12(11)13)9-7-17-14-4-5-15-18-20-21-23(15)19-14/h1-5H,6-10H2,(H,17,19). The minimum absolute atomic E-state index is 0.639. The molecule has 3 aromatic rings. The summed E-state index contributed by atoms with van der Waals surface area (Å²) in [4.78, 5) is 2.42. The third kappa shape index (κ3) is 2.97. The van der Waals surface area contributed by atoms with E-state index in [1.807, 2.05) is 24.3 Å². The van der Waals surface area contributed by atoms with Crippen LogP contribution in [0.1, 0.15) is 11.1 Å². The van der Waals surface area contributed by atoms with Crippen molar-refractivity contribution >= 4 is 23.1 Å². The Kier molecular flexibility index (Phi) is 3.80. The first-order chi connectivity index (χ1) is 11.3. The topological polar surface area (TPSA) is 71.2 Å². The molecule has 1 aliphatic rings. The van der Waals surface area contributed by atoms with Gasteiger partial charge < -0.3 is 5.32 Å². The molecule has 4 rings (SSSR count). The summed E-state index contributed by atoms with van der Waals surface area (Å²) in [6.45, 7) is 3.73. The van der Waals surface area contributed by atoms with Gasteiger partial charge in [-0.05, 0) is 46.2 Å². The number of hydrogen-bond donors (Lipinski definition) is 1. The van der Waals surface area contributed by atoms with Crippen molar-refractivity contribution in [2.45, 2.75) is 13.0 Å². The van der Waals surface area contributed by atoms with Gasteiger partial charge in [0.25, 0.3) is 0 Å². The maximum absolute atomic E-state index is 6.26. The van der Waals surface area contributed by atoms with E-state index in [1.54, 1.807) is 0 Å². The van der Waals surface area contributed by atoms with Crippen LogP contribution in [0.15, 0.2) is 30.3 Å². The Labute approximate surface area is 138 Å². The van der Waals surface area contributed by atoms with E-state index < -0.39 is 0 Å². The second-order valence-corrected chi connectivity index (χ2v) is 5.98. The highest BCUT2D eigenvalue weighted by atomic mass is 35.5. The minimum atomic E-state index is 0.639. The fraction of sp³-hybridized carbons (Fsp3) is 0.333. The van der Waals surface area contributed by atoms with E-state index in [2.05, 4.69) is 36.9 Å². The molecule has 0 radical (unpaired) electrons. The molecule has 0 bridgehead atoms. The molecule has 2 aromatic heterocycles. The second kappa shape index (κ2) is 6.10. The van der Waals surface area contributed by atoms with Crippen LogP contribution in [0.2, 0.25) is 5.02 Å². The van der Waals surface area contributed by atoms with Crippen molar-refractivity contribution in [2.75, 3.05) is 25.0 Å². The van der Waals surface area contributed by atoms with E-state index in [4.69, 9.17) is 11.6 Å². The Balaban J connectivity index is 1.35. The average Bonchev–Trinajstić information content (AvgIpc) is 3.03. The molecular weight excluding hydrogens is 314 g/mol. The van der Waals surface area contributed by atoms with Crippen LogP contribution in [0, 0.1) is 0 Å². The maximum atomic E-state index is 6.26. The van der Waals surface area contributed by atoms with Gasteiger partial charge in [0.05, 0.1) is 0 Å². The molecule has 3 heterocycles. The highest BCUT2D eigenvalue weighted by Crippen LogP contribution is 2.25. The van der Waals surface area contributed by atoms with Gasteiger partial charge in [0.1, 0.15) is 5.82 Å². The molecule has 8 heteroatoms. The van der Waals surface area contributed by atoms with Crippen LogP contribution in [0.5, 0.6) is 0 Å². The molecular formula is C15H16ClN7. The molecule has 23 heavy (non-hydrogen) atoms. The summed E-state index contributed by atoms with van der Waals surface area (Å²) in [6.07, 6.45) is 1.00. The second-order valence-electron chi connectivity index (χ2n) is 5.58. The van der Waals surface area contributed by atoms with Crippen molar-refractivity contribution in [1.29, 1.82) is 0 Å². The predicted octanol–water partition coefficient (Wildman–Crippen LogP) is 1.64. The van der Waals surface area contributed by atoms with Crippen LogP contribution in [-0.2, 0) is 13.0 Å². The van der Waals surface area contributed by atoms with Crippen molar-refractivity contribution in [3.63, 3.8) is 0 Å². The van der Waals surface area contributed by atoms with E-state index >= 15 is 0 Å². The van der Waals surface area contributed by atoms with Gasteiger partial charge >= 0.3 is 0 Å². The van der Waals surface area contributed by atoms with Gasteiger partial charge in [-0.25, -0.2) is 0 Å². The van der Waals surface area contributed by atoms with Gasteiger partial charge in [0.2, 0.25) is 0 Å². The third-order valence-corrected chi connectivity index (χ3v) is 4.45. The number of benzene rings is 1. The molecule has 1 N–H and O–H groups in total. The lowest BCUT2D eigenvalue weighted by atomic mass is 10.00. The molecule has 118 valence electrons. The molecule has 7 nitrogen and oxygen atoms in total. The lowest BCUT2D eigenvalue weighted by Gasteiger charge is -2.29. The molecule has 0 unspecified atom stereocenters. The number of rotatable bonds is 4. The summed E-state index contributed by atoms with van der Waals surface area (Å²) >= 11 is 6.26. The Morgan fingerprint density at radius 2 is 2.17 bits per heavy atom. The third-order valence-electron chi connectivity index (χ3n) is 4.09. The number of hydrogen-bond acceptors (Lipinski definition) is 6. The molecule has 1 aromatic carbocycles. The van der Waals surface area contributed by atoms with E-state index in [0.29, 0.717) is 5.65 Å². The monoisotopic (exact) mass is 329 g/mol. The predicted molar refractivity (Wildman–Crippen MR) is 87.5 cm³/mol. The fourth-order valence-corrected chi connectivity index (χ4v) is 3.19. The van der Waals surface area contributed by atoms with E-state index in [9.17, 15) is 0 Å². The van der Waals surface area contributed by atoms with E-state index in [-0.39, 0.29) is 0 Å². The van der Waals surface area contributed by atoms with Gasteiger partial charge in [-0.1, -0.05) is 23.7 Å². The van der Waals surface area contributed by atoms with E-state index in [0.717, 1.165) is 43.4 Å². The van der Waals surface area contributed by atoms with Crippen LogP contribution in [-0.4, -0.2) is 49.8 Å². The molecule has 0 amide bonds. The number of halogens is 1. The molecule has 0 fully saturated rings. The molecule has 0 aliphatic carbocycles. The van der Waals surface area contributed by atoms with Gasteiger partial charge in [-0.15, -0.1) is 14.8 Å². The Morgan fingerprint density at radius 1 is 1.22 bits per heavy atom. The van der Waals surface area contributed by atoms with Gasteiger partial charge in [0.15, 0.2) is 5.65 Å². The van der Waals surface area contributed by atoms with Crippen LogP contribution >= 0.6 is 11.6 Å². The van der Waals surface area contributed by atoms with Crippen LogP contribution < -0.4 is 5.32 Å². The number of fused-ring (bicyclic) bond motifs is 2. The minimum Gasteiger partial charge on any atom is -0.367 e. The summed E-state index contributed by atoms with van der Waals surface area (Å²) in [6, 6.07) is 9.88. The Morgan fingerprint density at radius 3 is 3.13 bits per heavy atom. The molecule has 1 aliphatic heterocycles. The quantitative estimate of drug-likeness (QED) is 0.784. The summed E-state index contributed by atoms with van der Waals surface area (Å²) in [5.74, 6) is 0.769. The normalized spacial score (nSPS) is 14.8. The van der Waals surface area contributed by atoms with Gasteiger partial charge in [-0.2, -0.15) is 0 Å². The zero-order valence-corrected chi connectivity index (χ0v) is 13.2. The largest absolute Gasteiger partial charge is 0.367 e.